The number of nitro groups is 1. The predicted molar refractivity (Wildman–Crippen MR) is 90.0 cm³/mol. The number of nitrogens with zero attached hydrogens (tertiary/aromatic N) is 1. The third kappa shape index (κ3) is 4.01. The van der Waals surface area contributed by atoms with Crippen molar-refractivity contribution in [2.24, 2.45) is 0 Å². The molecular formula is C18H18N2O5. The number of amides is 1. The van der Waals surface area contributed by atoms with E-state index in [9.17, 15) is 14.9 Å². The topological polar surface area (TPSA) is 90.7 Å². The first-order valence-corrected chi connectivity index (χ1v) is 7.92. The summed E-state index contributed by atoms with van der Waals surface area (Å²) >= 11 is 0. The van der Waals surface area contributed by atoms with Crippen LogP contribution in [0.15, 0.2) is 54.6 Å². The van der Waals surface area contributed by atoms with Gasteiger partial charge >= 0.3 is 0 Å². The minimum absolute atomic E-state index is 0.0145. The molecule has 0 spiro atoms. The number of ether oxygens (including phenoxy) is 2. The maximum Gasteiger partial charge on any atom is 0.269 e. The van der Waals surface area contributed by atoms with E-state index in [0.29, 0.717) is 17.7 Å². The smallest absolute Gasteiger partial charge is 0.269 e. The van der Waals surface area contributed by atoms with Crippen molar-refractivity contribution in [3.05, 3.63) is 75.8 Å². The molecule has 1 heterocycles. The molecule has 7 heteroatoms. The highest BCUT2D eigenvalue weighted by atomic mass is 16.7. The molecule has 3 atom stereocenters. The lowest BCUT2D eigenvalue weighted by molar-refractivity contribution is -0.384. The van der Waals surface area contributed by atoms with Crippen LogP contribution in [0.3, 0.4) is 0 Å². The van der Waals surface area contributed by atoms with Gasteiger partial charge < -0.3 is 14.8 Å². The molecule has 3 rings (SSSR count). The number of hydrogen-bond acceptors (Lipinski definition) is 5. The second-order valence-corrected chi connectivity index (χ2v) is 5.80. The monoisotopic (exact) mass is 342 g/mol. The molecule has 1 aliphatic rings. The minimum atomic E-state index is -0.610. The van der Waals surface area contributed by atoms with E-state index in [2.05, 4.69) is 5.32 Å². The standard InChI is InChI=1S/C18H18N2O5/c1-12-16(19-17(21)13-5-3-2-4-6-13)11-24-18(25-12)14-7-9-15(10-8-14)20(22)23/h2-10,12,16,18H,11H2,1H3,(H,19,21)/t12-,16+,18-/m0/s1. The number of benzene rings is 2. The molecule has 2 aromatic carbocycles. The number of hydrogen-bond donors (Lipinski definition) is 1. The van der Waals surface area contributed by atoms with Crippen molar-refractivity contribution in [3.8, 4) is 0 Å². The van der Waals surface area contributed by atoms with Crippen molar-refractivity contribution < 1.29 is 19.2 Å². The molecule has 130 valence electrons. The van der Waals surface area contributed by atoms with Crippen LogP contribution in [0.5, 0.6) is 0 Å². The lowest BCUT2D eigenvalue weighted by Crippen LogP contribution is -2.50. The van der Waals surface area contributed by atoms with Crippen LogP contribution in [0, 0.1) is 10.1 Å². The van der Waals surface area contributed by atoms with Crippen LogP contribution >= 0.6 is 0 Å². The van der Waals surface area contributed by atoms with Crippen molar-refractivity contribution in [1.82, 2.24) is 5.32 Å². The van der Waals surface area contributed by atoms with Gasteiger partial charge in [0.05, 0.1) is 23.7 Å². The molecule has 0 radical (unpaired) electrons. The zero-order valence-corrected chi connectivity index (χ0v) is 13.6. The van der Waals surface area contributed by atoms with Crippen LogP contribution in [0.25, 0.3) is 0 Å². The van der Waals surface area contributed by atoms with Crippen molar-refractivity contribution in [2.45, 2.75) is 25.4 Å². The fourth-order valence-electron chi connectivity index (χ4n) is 2.58. The molecule has 1 amide bonds. The average Bonchev–Trinajstić information content (AvgIpc) is 2.64. The Morgan fingerprint density at radius 2 is 1.84 bits per heavy atom. The largest absolute Gasteiger partial charge is 0.346 e. The van der Waals surface area contributed by atoms with Gasteiger partial charge in [0.2, 0.25) is 0 Å². The van der Waals surface area contributed by atoms with Crippen molar-refractivity contribution in [2.75, 3.05) is 6.61 Å². The highest BCUT2D eigenvalue weighted by molar-refractivity contribution is 5.94. The van der Waals surface area contributed by atoms with E-state index >= 15 is 0 Å². The Kier molecular flexibility index (Phi) is 5.06. The highest BCUT2D eigenvalue weighted by Crippen LogP contribution is 2.27. The summed E-state index contributed by atoms with van der Waals surface area (Å²) in [6.07, 6.45) is -0.873. The van der Waals surface area contributed by atoms with Crippen LogP contribution < -0.4 is 5.32 Å². The van der Waals surface area contributed by atoms with Crippen LogP contribution in [0.4, 0.5) is 5.69 Å². The quantitative estimate of drug-likeness (QED) is 0.681. The number of nitrogens with one attached hydrogen (secondary N) is 1. The van der Waals surface area contributed by atoms with Gasteiger partial charge in [-0.25, -0.2) is 0 Å². The Hall–Kier alpha value is -2.77. The summed E-state index contributed by atoms with van der Waals surface area (Å²) in [6.45, 7) is 2.15. The van der Waals surface area contributed by atoms with Crippen LogP contribution in [0.1, 0.15) is 29.1 Å². The Morgan fingerprint density at radius 1 is 1.16 bits per heavy atom. The molecule has 7 nitrogen and oxygen atoms in total. The fourth-order valence-corrected chi connectivity index (χ4v) is 2.58. The molecular weight excluding hydrogens is 324 g/mol. The summed E-state index contributed by atoms with van der Waals surface area (Å²) in [5.41, 5.74) is 1.29. The van der Waals surface area contributed by atoms with E-state index in [4.69, 9.17) is 9.47 Å². The van der Waals surface area contributed by atoms with Crippen molar-refractivity contribution in [1.29, 1.82) is 0 Å². The number of non-ortho nitro benzene ring substituents is 1. The van der Waals surface area contributed by atoms with Gasteiger partial charge in [0, 0.05) is 23.3 Å². The van der Waals surface area contributed by atoms with E-state index in [0.717, 1.165) is 0 Å². The third-order valence-electron chi connectivity index (χ3n) is 4.06. The summed E-state index contributed by atoms with van der Waals surface area (Å²) in [5.74, 6) is -0.182. The highest BCUT2D eigenvalue weighted by Gasteiger charge is 2.31. The van der Waals surface area contributed by atoms with Gasteiger partial charge in [-0.2, -0.15) is 0 Å². The zero-order chi connectivity index (χ0) is 17.8. The molecule has 0 unspecified atom stereocenters. The summed E-state index contributed by atoms with van der Waals surface area (Å²) in [4.78, 5) is 22.5. The molecule has 1 fully saturated rings. The van der Waals surface area contributed by atoms with Gasteiger partial charge in [-0.05, 0) is 31.2 Å². The molecule has 1 aliphatic heterocycles. The van der Waals surface area contributed by atoms with E-state index in [1.54, 1.807) is 36.4 Å². The molecule has 1 N–H and O–H groups in total. The van der Waals surface area contributed by atoms with Gasteiger partial charge in [0.25, 0.3) is 11.6 Å². The summed E-state index contributed by atoms with van der Waals surface area (Å²) in [6, 6.07) is 14.7. The van der Waals surface area contributed by atoms with E-state index < -0.39 is 11.2 Å². The molecule has 25 heavy (non-hydrogen) atoms. The van der Waals surface area contributed by atoms with Crippen molar-refractivity contribution >= 4 is 11.6 Å². The van der Waals surface area contributed by atoms with Gasteiger partial charge in [-0.1, -0.05) is 18.2 Å². The average molecular weight is 342 g/mol. The lowest BCUT2D eigenvalue weighted by atomic mass is 10.1. The van der Waals surface area contributed by atoms with Crippen LogP contribution in [-0.4, -0.2) is 29.6 Å². The Labute approximate surface area is 144 Å². The summed E-state index contributed by atoms with van der Waals surface area (Å²) in [5, 5.41) is 13.6. The Morgan fingerprint density at radius 3 is 2.44 bits per heavy atom. The number of carbonyl (C=O) groups is 1. The first-order valence-electron chi connectivity index (χ1n) is 7.92. The second kappa shape index (κ2) is 7.42. The maximum atomic E-state index is 12.2. The van der Waals surface area contributed by atoms with Crippen molar-refractivity contribution in [3.63, 3.8) is 0 Å². The maximum absolute atomic E-state index is 12.2. The van der Waals surface area contributed by atoms with Gasteiger partial charge in [0.15, 0.2) is 6.29 Å². The molecule has 1 saturated heterocycles. The Balaban J connectivity index is 1.60. The predicted octanol–water partition coefficient (Wildman–Crippen LogP) is 2.83. The number of carbonyl (C=O) groups excluding carboxylic acids is 1. The Bertz CT molecular complexity index is 748. The van der Waals surface area contributed by atoms with E-state index in [1.165, 1.54) is 12.1 Å². The molecule has 0 aliphatic carbocycles. The van der Waals surface area contributed by atoms with Crippen LogP contribution in [0.2, 0.25) is 0 Å². The third-order valence-corrected chi connectivity index (χ3v) is 4.06. The number of rotatable bonds is 4. The summed E-state index contributed by atoms with van der Waals surface area (Å²) in [7, 11) is 0. The fraction of sp³-hybridized carbons (Fsp3) is 0.278. The molecule has 0 aromatic heterocycles. The van der Waals surface area contributed by atoms with Crippen LogP contribution in [-0.2, 0) is 9.47 Å². The SMILES string of the molecule is C[C@@H]1O[C@@H](c2ccc([N+](=O)[O-])cc2)OC[C@H]1NC(=O)c1ccccc1. The molecule has 0 bridgehead atoms. The first kappa shape index (κ1) is 17.1. The van der Waals surface area contributed by atoms with Gasteiger partial charge in [-0.3, -0.25) is 14.9 Å². The zero-order valence-electron chi connectivity index (χ0n) is 13.6. The van der Waals surface area contributed by atoms with Gasteiger partial charge in [0.1, 0.15) is 0 Å². The normalized spacial score (nSPS) is 23.0. The molecule has 2 aromatic rings. The number of nitro benzene ring substituents is 1. The first-order chi connectivity index (χ1) is 12.0. The molecule has 0 saturated carbocycles. The van der Waals surface area contributed by atoms with Gasteiger partial charge in [-0.15, -0.1) is 0 Å². The lowest BCUT2D eigenvalue weighted by Gasteiger charge is -2.35. The van der Waals surface area contributed by atoms with E-state index in [1.807, 2.05) is 13.0 Å². The van der Waals surface area contributed by atoms with E-state index in [-0.39, 0.29) is 23.7 Å². The summed E-state index contributed by atoms with van der Waals surface area (Å²) < 4.78 is 11.5. The minimum Gasteiger partial charge on any atom is -0.346 e. The second-order valence-electron chi connectivity index (χ2n) is 5.80.